The second kappa shape index (κ2) is 8.82. The van der Waals surface area contributed by atoms with Crippen LogP contribution in [0.1, 0.15) is 18.4 Å². The molecule has 0 saturated carbocycles. The van der Waals surface area contributed by atoms with Crippen molar-refractivity contribution in [3.8, 4) is 11.4 Å². The van der Waals surface area contributed by atoms with Crippen LogP contribution in [0.3, 0.4) is 0 Å². The van der Waals surface area contributed by atoms with Crippen LogP contribution in [0.2, 0.25) is 5.02 Å². The lowest BCUT2D eigenvalue weighted by molar-refractivity contribution is 0.0953. The van der Waals surface area contributed by atoms with E-state index in [1.807, 2.05) is 42.7 Å². The van der Waals surface area contributed by atoms with Gasteiger partial charge in [-0.25, -0.2) is 0 Å². The Bertz CT molecular complexity index is 1440. The molecular weight excluding hydrogens is 454 g/mol. The number of fused-ring (bicyclic) bond motifs is 2. The van der Waals surface area contributed by atoms with E-state index in [0.717, 1.165) is 80.7 Å². The molecule has 0 amide bonds. The smallest absolute Gasteiger partial charge is 0.191 e. The van der Waals surface area contributed by atoms with E-state index in [4.69, 9.17) is 16.3 Å². The van der Waals surface area contributed by atoms with Crippen LogP contribution in [0.25, 0.3) is 33.2 Å². The minimum Gasteiger partial charge on any atom is -0.376 e. The highest BCUT2D eigenvalue weighted by Crippen LogP contribution is 2.34. The molecule has 1 unspecified atom stereocenters. The Hall–Kier alpha value is -2.87. The maximum atomic E-state index is 6.38. The summed E-state index contributed by atoms with van der Waals surface area (Å²) in [5.41, 5.74) is 4.20. The van der Waals surface area contributed by atoms with Crippen LogP contribution in [0.4, 0.5) is 0 Å². The quantitative estimate of drug-likeness (QED) is 0.300. The van der Waals surface area contributed by atoms with Crippen molar-refractivity contribution >= 4 is 45.2 Å². The average Bonchev–Trinajstić information content (AvgIpc) is 3.60. The van der Waals surface area contributed by atoms with Crippen LogP contribution in [-0.4, -0.2) is 37.4 Å². The summed E-state index contributed by atoms with van der Waals surface area (Å²) in [6, 6.07) is 16.2. The van der Waals surface area contributed by atoms with Gasteiger partial charge in [0.25, 0.3) is 0 Å². The molecule has 3 aromatic heterocycles. The third-order valence-corrected chi connectivity index (χ3v) is 7.46. The summed E-state index contributed by atoms with van der Waals surface area (Å²) in [4.78, 5) is 7.94. The number of thioether (sulfide) groups is 1. The highest BCUT2D eigenvalue weighted by Gasteiger charge is 2.23. The molecule has 5 aromatic rings. The van der Waals surface area contributed by atoms with E-state index in [1.165, 1.54) is 0 Å². The van der Waals surface area contributed by atoms with Crippen molar-refractivity contribution < 1.29 is 4.74 Å². The van der Waals surface area contributed by atoms with Gasteiger partial charge in [0.05, 0.1) is 18.2 Å². The molecule has 6 nitrogen and oxygen atoms in total. The summed E-state index contributed by atoms with van der Waals surface area (Å²) < 4.78 is 8.17. The number of hydrogen-bond donors (Lipinski definition) is 1. The first-order valence-electron chi connectivity index (χ1n) is 11.0. The Morgan fingerprint density at radius 1 is 1.09 bits per heavy atom. The number of hydrogen-bond acceptors (Lipinski definition) is 5. The van der Waals surface area contributed by atoms with Crippen LogP contribution in [0.15, 0.2) is 66.1 Å². The number of nitrogens with one attached hydrogen (secondary N) is 1. The monoisotopic (exact) mass is 475 g/mol. The molecule has 1 fully saturated rings. The summed E-state index contributed by atoms with van der Waals surface area (Å²) in [7, 11) is 0. The molecule has 1 aliphatic heterocycles. The van der Waals surface area contributed by atoms with Crippen LogP contribution in [0.5, 0.6) is 0 Å². The maximum Gasteiger partial charge on any atom is 0.191 e. The largest absolute Gasteiger partial charge is 0.376 e. The van der Waals surface area contributed by atoms with Gasteiger partial charge < -0.3 is 9.72 Å². The van der Waals surface area contributed by atoms with E-state index in [2.05, 4.69) is 42.9 Å². The van der Waals surface area contributed by atoms with Crippen molar-refractivity contribution in [1.29, 1.82) is 0 Å². The summed E-state index contributed by atoms with van der Waals surface area (Å²) in [6.45, 7) is 1.56. The van der Waals surface area contributed by atoms with E-state index >= 15 is 0 Å². The third-order valence-electron chi connectivity index (χ3n) is 6.11. The molecule has 33 heavy (non-hydrogen) atoms. The Labute approximate surface area is 200 Å². The highest BCUT2D eigenvalue weighted by molar-refractivity contribution is 7.98. The number of nitrogens with zero attached hydrogens (tertiary/aromatic N) is 4. The molecule has 0 bridgehead atoms. The van der Waals surface area contributed by atoms with Crippen molar-refractivity contribution in [2.75, 3.05) is 6.61 Å². The summed E-state index contributed by atoms with van der Waals surface area (Å²) in [6.07, 6.45) is 6.16. The lowest BCUT2D eigenvalue weighted by Gasteiger charge is -2.15. The predicted octanol–water partition coefficient (Wildman–Crippen LogP) is 6.10. The molecule has 0 aliphatic carbocycles. The van der Waals surface area contributed by atoms with Gasteiger partial charge in [-0.3, -0.25) is 9.55 Å². The third kappa shape index (κ3) is 3.90. The normalized spacial score (nSPS) is 16.2. The molecule has 8 heteroatoms. The Balaban J connectivity index is 1.37. The van der Waals surface area contributed by atoms with Gasteiger partial charge in [0.1, 0.15) is 0 Å². The molecule has 0 spiro atoms. The van der Waals surface area contributed by atoms with Gasteiger partial charge in [-0.2, -0.15) is 0 Å². The lowest BCUT2D eigenvalue weighted by atomic mass is 10.1. The zero-order chi connectivity index (χ0) is 22.2. The summed E-state index contributed by atoms with van der Waals surface area (Å²) >= 11 is 8.05. The molecular formula is C25H22ClN5OS. The van der Waals surface area contributed by atoms with E-state index in [9.17, 15) is 0 Å². The number of pyridine rings is 1. The first kappa shape index (κ1) is 20.7. The van der Waals surface area contributed by atoms with Crippen molar-refractivity contribution in [1.82, 2.24) is 24.7 Å². The number of ether oxygens (including phenoxy) is 1. The lowest BCUT2D eigenvalue weighted by Crippen LogP contribution is -2.16. The molecule has 1 aliphatic rings. The molecule has 6 rings (SSSR count). The van der Waals surface area contributed by atoms with Crippen molar-refractivity contribution in [3.63, 3.8) is 0 Å². The van der Waals surface area contributed by atoms with Gasteiger partial charge in [-0.05, 0) is 42.7 Å². The number of para-hydroxylation sites is 1. The minimum atomic E-state index is 0.183. The fourth-order valence-electron chi connectivity index (χ4n) is 4.46. The van der Waals surface area contributed by atoms with Crippen LogP contribution in [0, 0.1) is 0 Å². The van der Waals surface area contributed by atoms with Crippen LogP contribution in [-0.2, 0) is 17.0 Å². The summed E-state index contributed by atoms with van der Waals surface area (Å²) in [5, 5.41) is 12.9. The highest BCUT2D eigenvalue weighted by atomic mass is 35.5. The molecule has 1 N–H and O–H groups in total. The second-order valence-corrected chi connectivity index (χ2v) is 9.54. The number of benzene rings is 2. The molecule has 1 saturated heterocycles. The van der Waals surface area contributed by atoms with E-state index in [0.29, 0.717) is 0 Å². The predicted molar refractivity (Wildman–Crippen MR) is 133 cm³/mol. The number of H-pyrrole nitrogens is 1. The van der Waals surface area contributed by atoms with E-state index in [1.54, 1.807) is 11.8 Å². The minimum absolute atomic E-state index is 0.183. The van der Waals surface area contributed by atoms with Gasteiger partial charge in [0.15, 0.2) is 11.0 Å². The SMILES string of the molecule is Clc1ccc(CSc2nnc(-c3c[nH]c4ccccc34)n2CC2CCCO2)c2ncccc12. The van der Waals surface area contributed by atoms with Crippen LogP contribution < -0.4 is 0 Å². The fraction of sp³-hybridized carbons (Fsp3) is 0.240. The van der Waals surface area contributed by atoms with Gasteiger partial charge in [0.2, 0.25) is 0 Å². The molecule has 166 valence electrons. The number of aromatic nitrogens is 5. The van der Waals surface area contributed by atoms with Gasteiger partial charge >= 0.3 is 0 Å². The molecule has 1 atom stereocenters. The first-order valence-corrected chi connectivity index (χ1v) is 12.4. The Kier molecular flexibility index (Phi) is 5.54. The van der Waals surface area contributed by atoms with Gasteiger partial charge in [0, 0.05) is 51.6 Å². The molecule has 2 aromatic carbocycles. The fourth-order valence-corrected chi connectivity index (χ4v) is 5.61. The standard InChI is InChI=1S/C25H22ClN5OS/c26-21-10-9-16(23-19(21)7-3-11-27-23)15-33-25-30-29-24(31(25)14-17-5-4-12-32-17)20-13-28-22-8-2-1-6-18(20)22/h1-3,6-11,13,17,28H,4-5,12,14-15H2. The van der Waals surface area contributed by atoms with Crippen molar-refractivity contribution in [3.05, 3.63) is 71.5 Å². The maximum absolute atomic E-state index is 6.38. The summed E-state index contributed by atoms with van der Waals surface area (Å²) in [5.74, 6) is 1.59. The van der Waals surface area contributed by atoms with Gasteiger partial charge in [-0.1, -0.05) is 47.6 Å². The second-order valence-electron chi connectivity index (χ2n) is 8.19. The molecule has 4 heterocycles. The van der Waals surface area contributed by atoms with Gasteiger partial charge in [-0.15, -0.1) is 10.2 Å². The number of aromatic amines is 1. The number of halogens is 1. The average molecular weight is 476 g/mol. The Morgan fingerprint density at radius 2 is 2.00 bits per heavy atom. The van der Waals surface area contributed by atoms with Crippen molar-refractivity contribution in [2.24, 2.45) is 0 Å². The molecule has 0 radical (unpaired) electrons. The zero-order valence-corrected chi connectivity index (χ0v) is 19.4. The first-order chi connectivity index (χ1) is 16.3. The Morgan fingerprint density at radius 3 is 2.91 bits per heavy atom. The zero-order valence-electron chi connectivity index (χ0n) is 17.9. The van der Waals surface area contributed by atoms with Crippen molar-refractivity contribution in [2.45, 2.75) is 36.4 Å². The number of rotatable bonds is 6. The topological polar surface area (TPSA) is 68.6 Å². The van der Waals surface area contributed by atoms with E-state index < -0.39 is 0 Å². The van der Waals surface area contributed by atoms with Crippen LogP contribution >= 0.6 is 23.4 Å². The van der Waals surface area contributed by atoms with E-state index in [-0.39, 0.29) is 6.10 Å².